The number of nitrogens with one attached hydrogen (secondary N) is 1. The summed E-state index contributed by atoms with van der Waals surface area (Å²) in [6.07, 6.45) is 8.56. The predicted molar refractivity (Wildman–Crippen MR) is 119 cm³/mol. The Balaban J connectivity index is 1.39. The smallest absolute Gasteiger partial charge is 0.224 e. The fourth-order valence-electron chi connectivity index (χ4n) is 4.82. The van der Waals surface area contributed by atoms with Crippen molar-refractivity contribution >= 4 is 11.6 Å². The highest BCUT2D eigenvalue weighted by Crippen LogP contribution is 2.40. The number of hydrogen-bond donors (Lipinski definition) is 1. The van der Waals surface area contributed by atoms with Crippen molar-refractivity contribution in [3.05, 3.63) is 53.1 Å². The minimum atomic E-state index is -0.0764. The van der Waals surface area contributed by atoms with Gasteiger partial charge in [-0.1, -0.05) is 31.4 Å². The molecule has 8 nitrogen and oxygen atoms in total. The van der Waals surface area contributed by atoms with E-state index in [9.17, 15) is 4.79 Å². The number of amides is 1. The zero-order chi connectivity index (χ0) is 21.8. The van der Waals surface area contributed by atoms with E-state index >= 15 is 0 Å². The molecule has 0 bridgehead atoms. The third-order valence-corrected chi connectivity index (χ3v) is 6.62. The van der Waals surface area contributed by atoms with Crippen molar-refractivity contribution in [2.45, 2.75) is 65.3 Å². The molecule has 3 aromatic rings. The van der Waals surface area contributed by atoms with Gasteiger partial charge in [-0.3, -0.25) is 9.48 Å². The monoisotopic (exact) mass is 421 g/mol. The van der Waals surface area contributed by atoms with Crippen LogP contribution in [0.25, 0.3) is 0 Å². The van der Waals surface area contributed by atoms with Gasteiger partial charge in [0.1, 0.15) is 6.33 Å². The van der Waals surface area contributed by atoms with Crippen LogP contribution >= 0.6 is 0 Å². The van der Waals surface area contributed by atoms with Crippen molar-refractivity contribution < 1.29 is 4.79 Å². The van der Waals surface area contributed by atoms with Gasteiger partial charge in [0.15, 0.2) is 0 Å². The van der Waals surface area contributed by atoms with Crippen LogP contribution in [0.15, 0.2) is 30.6 Å². The Bertz CT molecular complexity index is 1020. The number of rotatable bonds is 7. The van der Waals surface area contributed by atoms with Gasteiger partial charge in [-0.15, -0.1) is 5.10 Å². The van der Waals surface area contributed by atoms with Gasteiger partial charge < -0.3 is 5.32 Å². The molecule has 1 saturated carbocycles. The lowest BCUT2D eigenvalue weighted by Crippen LogP contribution is -2.34. The quantitative estimate of drug-likeness (QED) is 0.629. The van der Waals surface area contributed by atoms with Crippen molar-refractivity contribution in [2.24, 2.45) is 12.5 Å². The van der Waals surface area contributed by atoms with Crippen LogP contribution in [0.1, 0.15) is 61.0 Å². The second kappa shape index (κ2) is 8.99. The Morgan fingerprint density at radius 3 is 2.48 bits per heavy atom. The first kappa shape index (κ1) is 21.2. The maximum Gasteiger partial charge on any atom is 0.224 e. The maximum atomic E-state index is 12.9. The van der Waals surface area contributed by atoms with Crippen molar-refractivity contribution in [1.82, 2.24) is 30.0 Å². The molecule has 0 saturated heterocycles. The molecule has 1 aromatic carbocycles. The maximum absolute atomic E-state index is 12.9. The Labute approximate surface area is 183 Å². The summed E-state index contributed by atoms with van der Waals surface area (Å²) in [7, 11) is 1.98. The molecule has 31 heavy (non-hydrogen) atoms. The van der Waals surface area contributed by atoms with Gasteiger partial charge in [0, 0.05) is 36.8 Å². The zero-order valence-corrected chi connectivity index (χ0v) is 18.6. The molecule has 1 N–H and O–H groups in total. The molecule has 0 atom stereocenters. The number of hydrogen-bond acceptors (Lipinski definition) is 5. The number of carbonyl (C=O) groups excluding carboxylic acids is 1. The standard InChI is InChI=1S/C23H31N7O/c1-17-21(18(2)29(3)26-17)13-19-7-9-20(10-8-19)25-22(31)14-23(11-5-4-6-12-23)15-30-16-24-27-28-30/h7-10,16H,4-6,11-15H2,1-3H3,(H,25,31). The van der Waals surface area contributed by atoms with Crippen LogP contribution in [0.2, 0.25) is 0 Å². The number of carbonyl (C=O) groups is 1. The zero-order valence-electron chi connectivity index (χ0n) is 18.6. The number of aromatic nitrogens is 6. The van der Waals surface area contributed by atoms with Gasteiger partial charge in [-0.25, -0.2) is 4.68 Å². The van der Waals surface area contributed by atoms with Crippen LogP contribution in [-0.2, 0) is 24.8 Å². The summed E-state index contributed by atoms with van der Waals surface area (Å²) in [6, 6.07) is 8.14. The van der Waals surface area contributed by atoms with E-state index in [2.05, 4.69) is 45.0 Å². The topological polar surface area (TPSA) is 90.5 Å². The number of anilines is 1. The molecule has 0 spiro atoms. The van der Waals surface area contributed by atoms with Gasteiger partial charge in [0.2, 0.25) is 5.91 Å². The fourth-order valence-corrected chi connectivity index (χ4v) is 4.82. The van der Waals surface area contributed by atoms with Crippen molar-refractivity contribution in [1.29, 1.82) is 0 Å². The Hall–Kier alpha value is -3.03. The summed E-state index contributed by atoms with van der Waals surface area (Å²) in [6.45, 7) is 4.84. The van der Waals surface area contributed by atoms with E-state index in [-0.39, 0.29) is 11.3 Å². The normalized spacial score (nSPS) is 15.7. The number of tetrazole rings is 1. The highest BCUT2D eigenvalue weighted by Gasteiger charge is 2.35. The highest BCUT2D eigenvalue weighted by atomic mass is 16.1. The summed E-state index contributed by atoms with van der Waals surface area (Å²) in [5.41, 5.74) is 5.49. The van der Waals surface area contributed by atoms with E-state index in [0.29, 0.717) is 13.0 Å². The van der Waals surface area contributed by atoms with Crippen LogP contribution in [0.3, 0.4) is 0 Å². The highest BCUT2D eigenvalue weighted by molar-refractivity contribution is 5.91. The van der Waals surface area contributed by atoms with Crippen molar-refractivity contribution in [2.75, 3.05) is 5.32 Å². The molecule has 4 rings (SSSR count). The largest absolute Gasteiger partial charge is 0.326 e. The molecule has 164 valence electrons. The Morgan fingerprint density at radius 2 is 1.87 bits per heavy atom. The molecule has 2 aromatic heterocycles. The minimum Gasteiger partial charge on any atom is -0.326 e. The molecular weight excluding hydrogens is 390 g/mol. The average molecular weight is 422 g/mol. The van der Waals surface area contributed by atoms with Crippen LogP contribution in [-0.4, -0.2) is 35.9 Å². The predicted octanol–water partition coefficient (Wildman–Crippen LogP) is 3.59. The number of aryl methyl sites for hydroxylation is 2. The minimum absolute atomic E-state index is 0.0571. The third kappa shape index (κ3) is 5.00. The molecule has 0 aliphatic heterocycles. The van der Waals surface area contributed by atoms with Gasteiger partial charge in [-0.05, 0) is 60.2 Å². The molecule has 0 radical (unpaired) electrons. The van der Waals surface area contributed by atoms with E-state index in [1.165, 1.54) is 23.2 Å². The molecule has 1 amide bonds. The Kier molecular flexibility index (Phi) is 6.15. The molecule has 1 aliphatic rings. The molecule has 0 unspecified atom stereocenters. The lowest BCUT2D eigenvalue weighted by Gasteiger charge is -2.36. The fraction of sp³-hybridized carbons (Fsp3) is 0.522. The third-order valence-electron chi connectivity index (χ3n) is 6.62. The summed E-state index contributed by atoms with van der Waals surface area (Å²) < 4.78 is 3.69. The van der Waals surface area contributed by atoms with E-state index in [0.717, 1.165) is 43.5 Å². The SMILES string of the molecule is Cc1nn(C)c(C)c1Cc1ccc(NC(=O)CC2(Cn3cnnn3)CCCCC2)cc1. The van der Waals surface area contributed by atoms with Crippen LogP contribution < -0.4 is 5.32 Å². The van der Waals surface area contributed by atoms with E-state index < -0.39 is 0 Å². The summed E-state index contributed by atoms with van der Waals surface area (Å²) >= 11 is 0. The number of nitrogens with zero attached hydrogens (tertiary/aromatic N) is 6. The lowest BCUT2D eigenvalue weighted by molar-refractivity contribution is -0.119. The number of benzene rings is 1. The second-order valence-electron chi connectivity index (χ2n) is 8.94. The summed E-state index contributed by atoms with van der Waals surface area (Å²) in [4.78, 5) is 12.9. The van der Waals surface area contributed by atoms with Crippen LogP contribution in [0, 0.1) is 19.3 Å². The van der Waals surface area contributed by atoms with Crippen LogP contribution in [0.4, 0.5) is 5.69 Å². The van der Waals surface area contributed by atoms with Gasteiger partial charge in [0.25, 0.3) is 0 Å². The van der Waals surface area contributed by atoms with E-state index in [4.69, 9.17) is 0 Å². The lowest BCUT2D eigenvalue weighted by atomic mass is 9.71. The first-order chi connectivity index (χ1) is 14.9. The molecule has 1 fully saturated rings. The Morgan fingerprint density at radius 1 is 1.13 bits per heavy atom. The van der Waals surface area contributed by atoms with E-state index in [1.807, 2.05) is 30.8 Å². The van der Waals surface area contributed by atoms with Crippen LogP contribution in [0.5, 0.6) is 0 Å². The summed E-state index contributed by atoms with van der Waals surface area (Å²) in [5.74, 6) is 0.0571. The van der Waals surface area contributed by atoms with Gasteiger partial charge in [0.05, 0.1) is 12.2 Å². The summed E-state index contributed by atoms with van der Waals surface area (Å²) in [5, 5.41) is 19.1. The second-order valence-corrected chi connectivity index (χ2v) is 8.94. The first-order valence-corrected chi connectivity index (χ1v) is 11.0. The van der Waals surface area contributed by atoms with E-state index in [1.54, 1.807) is 11.0 Å². The van der Waals surface area contributed by atoms with Gasteiger partial charge in [-0.2, -0.15) is 5.10 Å². The van der Waals surface area contributed by atoms with Crippen molar-refractivity contribution in [3.63, 3.8) is 0 Å². The molecule has 8 heteroatoms. The molecule has 2 heterocycles. The first-order valence-electron chi connectivity index (χ1n) is 11.0. The molecular formula is C23H31N7O. The molecule has 1 aliphatic carbocycles. The average Bonchev–Trinajstić information content (AvgIpc) is 3.33. The van der Waals surface area contributed by atoms with Crippen molar-refractivity contribution in [3.8, 4) is 0 Å². The van der Waals surface area contributed by atoms with Gasteiger partial charge >= 0.3 is 0 Å².